The first-order valence-corrected chi connectivity index (χ1v) is 4.20. The Hall–Kier alpha value is 0.870. The Kier molecular flexibility index (Phi) is 8.85. The summed E-state index contributed by atoms with van der Waals surface area (Å²) in [5.74, 6) is 0. The topological polar surface area (TPSA) is 69.4 Å². The first-order chi connectivity index (χ1) is 4.06. The molecule has 0 aromatic heterocycles. The molecule has 0 aliphatic heterocycles. The number of nitrogens with two attached hydrogens (primary N) is 1. The van der Waals surface area contributed by atoms with Crippen molar-refractivity contribution in [3.05, 3.63) is 0 Å². The van der Waals surface area contributed by atoms with E-state index in [0.717, 1.165) is 12.8 Å². The van der Waals surface area contributed by atoms with Crippen LogP contribution >= 0.6 is 0 Å². The van der Waals surface area contributed by atoms with Gasteiger partial charge in [-0.05, 0) is 6.42 Å². The molecule has 0 heterocycles. The van der Waals surface area contributed by atoms with Gasteiger partial charge < -0.3 is 0 Å². The third kappa shape index (κ3) is 11.6. The molecular weight excluding hydrogens is 165 g/mol. The molecular formula is C4H12NNaO3S. The van der Waals surface area contributed by atoms with Crippen LogP contribution in [0.5, 0.6) is 0 Å². The van der Waals surface area contributed by atoms with E-state index in [2.05, 4.69) is 9.32 Å². The second-order valence-electron chi connectivity index (χ2n) is 1.67. The SMILES string of the molecule is CCCCOS(N)(=O)=O.[NaH]. The van der Waals surface area contributed by atoms with Crippen molar-refractivity contribution in [2.24, 2.45) is 5.14 Å². The minimum absolute atomic E-state index is 0. The van der Waals surface area contributed by atoms with Gasteiger partial charge in [0.25, 0.3) is 0 Å². The van der Waals surface area contributed by atoms with Gasteiger partial charge in [0.15, 0.2) is 0 Å². The molecule has 0 saturated carbocycles. The van der Waals surface area contributed by atoms with Gasteiger partial charge in [-0.25, -0.2) is 5.14 Å². The molecule has 10 heavy (non-hydrogen) atoms. The Morgan fingerprint density at radius 1 is 1.50 bits per heavy atom. The normalized spacial score (nSPS) is 10.6. The number of rotatable bonds is 4. The molecule has 0 bridgehead atoms. The van der Waals surface area contributed by atoms with E-state index in [4.69, 9.17) is 0 Å². The third-order valence-corrected chi connectivity index (χ3v) is 1.24. The fraction of sp³-hybridized carbons (Fsp3) is 1.00. The fourth-order valence-electron chi connectivity index (χ4n) is 0.319. The summed E-state index contributed by atoms with van der Waals surface area (Å²) in [4.78, 5) is 0. The van der Waals surface area contributed by atoms with Crippen molar-refractivity contribution in [3.8, 4) is 0 Å². The monoisotopic (exact) mass is 177 g/mol. The Morgan fingerprint density at radius 2 is 2.00 bits per heavy atom. The molecule has 0 radical (unpaired) electrons. The Morgan fingerprint density at radius 3 is 2.30 bits per heavy atom. The van der Waals surface area contributed by atoms with Gasteiger partial charge in [0.05, 0.1) is 6.61 Å². The summed E-state index contributed by atoms with van der Waals surface area (Å²) < 4.78 is 24.3. The van der Waals surface area contributed by atoms with Crippen LogP contribution in [0.1, 0.15) is 19.8 Å². The van der Waals surface area contributed by atoms with Gasteiger partial charge in [0, 0.05) is 0 Å². The summed E-state index contributed by atoms with van der Waals surface area (Å²) in [5, 5.41) is 4.53. The van der Waals surface area contributed by atoms with Crippen LogP contribution in [0.2, 0.25) is 0 Å². The molecule has 0 unspecified atom stereocenters. The van der Waals surface area contributed by atoms with E-state index in [9.17, 15) is 8.42 Å². The van der Waals surface area contributed by atoms with Crippen LogP contribution in [-0.2, 0) is 14.5 Å². The van der Waals surface area contributed by atoms with E-state index < -0.39 is 10.3 Å². The molecule has 0 aliphatic carbocycles. The zero-order valence-electron chi connectivity index (χ0n) is 5.33. The van der Waals surface area contributed by atoms with Gasteiger partial charge in [-0.15, -0.1) is 0 Å². The van der Waals surface area contributed by atoms with Gasteiger partial charge in [-0.1, -0.05) is 13.3 Å². The van der Waals surface area contributed by atoms with Crippen LogP contribution in [0.4, 0.5) is 0 Å². The zero-order valence-corrected chi connectivity index (χ0v) is 6.15. The zero-order chi connectivity index (χ0) is 7.33. The molecule has 4 nitrogen and oxygen atoms in total. The molecule has 58 valence electrons. The van der Waals surface area contributed by atoms with Gasteiger partial charge in [-0.3, -0.25) is 4.18 Å². The second kappa shape index (κ2) is 6.57. The Balaban J connectivity index is 0. The summed E-state index contributed by atoms with van der Waals surface area (Å²) in [6, 6.07) is 0. The maximum absolute atomic E-state index is 10.1. The fourth-order valence-corrected chi connectivity index (χ4v) is 0.670. The molecule has 0 amide bonds. The summed E-state index contributed by atoms with van der Waals surface area (Å²) in [6.07, 6.45) is 1.62. The summed E-state index contributed by atoms with van der Waals surface area (Å²) in [6.45, 7) is 2.13. The maximum atomic E-state index is 10.1. The third-order valence-electron chi connectivity index (χ3n) is 0.745. The number of unbranched alkanes of at least 4 members (excludes halogenated alkanes) is 1. The van der Waals surface area contributed by atoms with Gasteiger partial charge in [-0.2, -0.15) is 8.42 Å². The number of hydrogen-bond acceptors (Lipinski definition) is 3. The van der Waals surface area contributed by atoms with Crippen LogP contribution in [0.25, 0.3) is 0 Å². The Labute approximate surface area is 83.7 Å². The van der Waals surface area contributed by atoms with Crippen LogP contribution in [-0.4, -0.2) is 44.6 Å². The van der Waals surface area contributed by atoms with Crippen molar-refractivity contribution in [2.45, 2.75) is 19.8 Å². The van der Waals surface area contributed by atoms with E-state index in [-0.39, 0.29) is 36.2 Å². The Bertz CT molecular complexity index is 156. The van der Waals surface area contributed by atoms with Crippen molar-refractivity contribution in [1.82, 2.24) is 0 Å². The van der Waals surface area contributed by atoms with Crippen molar-refractivity contribution in [3.63, 3.8) is 0 Å². The van der Waals surface area contributed by atoms with Crippen LogP contribution < -0.4 is 5.14 Å². The van der Waals surface area contributed by atoms with Crippen LogP contribution in [0, 0.1) is 0 Å². The molecule has 0 saturated heterocycles. The second-order valence-corrected chi connectivity index (χ2v) is 2.89. The average molecular weight is 177 g/mol. The molecule has 0 atom stereocenters. The molecule has 2 N–H and O–H groups in total. The molecule has 0 aromatic rings. The van der Waals surface area contributed by atoms with Gasteiger partial charge in [0.2, 0.25) is 0 Å². The van der Waals surface area contributed by atoms with E-state index in [1.807, 2.05) is 6.92 Å². The number of hydrogen-bond donors (Lipinski definition) is 1. The molecule has 0 spiro atoms. The first kappa shape index (κ1) is 13.5. The van der Waals surface area contributed by atoms with E-state index in [1.54, 1.807) is 0 Å². The average Bonchev–Trinajstić information content (AvgIpc) is 1.63. The predicted molar refractivity (Wildman–Crippen MR) is 41.1 cm³/mol. The van der Waals surface area contributed by atoms with Crippen molar-refractivity contribution >= 4 is 39.9 Å². The van der Waals surface area contributed by atoms with Gasteiger partial charge in [0.1, 0.15) is 0 Å². The molecule has 0 aromatic carbocycles. The standard InChI is InChI=1S/C4H11NO3S.Na.H/c1-2-3-4-8-9(5,6)7;;/h2-4H2,1H3,(H2,5,6,7);;. The van der Waals surface area contributed by atoms with Gasteiger partial charge >= 0.3 is 39.9 Å². The van der Waals surface area contributed by atoms with Crippen LogP contribution in [0.15, 0.2) is 0 Å². The van der Waals surface area contributed by atoms with E-state index >= 15 is 0 Å². The first-order valence-electron chi connectivity index (χ1n) is 2.73. The van der Waals surface area contributed by atoms with Crippen LogP contribution in [0.3, 0.4) is 0 Å². The van der Waals surface area contributed by atoms with Crippen molar-refractivity contribution < 1.29 is 12.6 Å². The molecule has 0 aliphatic rings. The van der Waals surface area contributed by atoms with E-state index in [0.29, 0.717) is 0 Å². The minimum atomic E-state index is -3.70. The summed E-state index contributed by atoms with van der Waals surface area (Å²) in [7, 11) is -3.70. The summed E-state index contributed by atoms with van der Waals surface area (Å²) >= 11 is 0. The summed E-state index contributed by atoms with van der Waals surface area (Å²) in [5.41, 5.74) is 0. The molecule has 6 heteroatoms. The quantitative estimate of drug-likeness (QED) is 0.458. The van der Waals surface area contributed by atoms with E-state index in [1.165, 1.54) is 0 Å². The molecule has 0 fully saturated rings. The molecule has 0 rings (SSSR count). The predicted octanol–water partition coefficient (Wildman–Crippen LogP) is -0.642. The van der Waals surface area contributed by atoms with Crippen molar-refractivity contribution in [2.75, 3.05) is 6.61 Å². The van der Waals surface area contributed by atoms with Crippen molar-refractivity contribution in [1.29, 1.82) is 0 Å².